The second kappa shape index (κ2) is 3.75. The van der Waals surface area contributed by atoms with Crippen LogP contribution in [0.1, 0.15) is 27.7 Å². The lowest BCUT2D eigenvalue weighted by atomic mass is 10.0. The molecule has 0 bridgehead atoms. The molecule has 3 nitrogen and oxygen atoms in total. The normalized spacial score (nSPS) is 13.8. The zero-order chi connectivity index (χ0) is 9.99. The van der Waals surface area contributed by atoms with E-state index in [2.05, 4.69) is 0 Å². The maximum atomic E-state index is 11.5. The number of rotatable bonds is 3. The maximum Gasteiger partial charge on any atom is 0.214 e. The highest BCUT2D eigenvalue weighted by Gasteiger charge is 2.24. The Morgan fingerprint density at radius 2 is 1.67 bits per heavy atom. The summed E-state index contributed by atoms with van der Waals surface area (Å²) in [5.74, 6) is 0.213. The van der Waals surface area contributed by atoms with Crippen molar-refractivity contribution in [1.29, 1.82) is 0 Å². The van der Waals surface area contributed by atoms with Crippen molar-refractivity contribution in [2.45, 2.75) is 27.7 Å². The van der Waals surface area contributed by atoms with Crippen LogP contribution in [-0.4, -0.2) is 32.1 Å². The van der Waals surface area contributed by atoms with Gasteiger partial charge in [0.2, 0.25) is 10.0 Å². The van der Waals surface area contributed by atoms with Crippen molar-refractivity contribution in [2.75, 3.05) is 19.3 Å². The molecule has 0 amide bonds. The molecule has 0 aliphatic rings. The molecule has 0 fully saturated rings. The third-order valence-corrected chi connectivity index (χ3v) is 3.97. The van der Waals surface area contributed by atoms with Crippen LogP contribution in [0.5, 0.6) is 0 Å². The second-order valence-corrected chi connectivity index (χ2v) is 6.31. The number of hydrogen-bond donors (Lipinski definition) is 0. The van der Waals surface area contributed by atoms with Gasteiger partial charge in [-0.05, 0) is 5.41 Å². The lowest BCUT2D eigenvalue weighted by Gasteiger charge is -2.22. The van der Waals surface area contributed by atoms with E-state index in [0.717, 1.165) is 0 Å². The van der Waals surface area contributed by atoms with Crippen molar-refractivity contribution in [1.82, 2.24) is 4.31 Å². The molecule has 0 aliphatic heterocycles. The van der Waals surface area contributed by atoms with Crippen LogP contribution in [0.4, 0.5) is 0 Å². The van der Waals surface area contributed by atoms with Gasteiger partial charge in [0.15, 0.2) is 0 Å². The van der Waals surface area contributed by atoms with Crippen molar-refractivity contribution < 1.29 is 8.42 Å². The molecule has 74 valence electrons. The summed E-state index contributed by atoms with van der Waals surface area (Å²) < 4.78 is 24.4. The predicted molar refractivity (Wildman–Crippen MR) is 51.5 cm³/mol. The van der Waals surface area contributed by atoms with Gasteiger partial charge in [-0.2, -0.15) is 0 Å². The van der Waals surface area contributed by atoms with Crippen LogP contribution in [0.2, 0.25) is 0 Å². The monoisotopic (exact) mass is 193 g/mol. The third kappa shape index (κ3) is 4.07. The van der Waals surface area contributed by atoms with Crippen LogP contribution in [-0.2, 0) is 10.0 Å². The van der Waals surface area contributed by atoms with E-state index >= 15 is 0 Å². The number of sulfonamides is 1. The smallest absolute Gasteiger partial charge is 0.212 e. The fourth-order valence-electron chi connectivity index (χ4n) is 0.854. The molecular formula is C8H19NO2S. The van der Waals surface area contributed by atoms with Gasteiger partial charge in [-0.15, -0.1) is 0 Å². The Hall–Kier alpha value is -0.0900. The Morgan fingerprint density at radius 3 is 1.92 bits per heavy atom. The molecule has 0 N–H and O–H groups in total. The summed E-state index contributed by atoms with van der Waals surface area (Å²) in [6, 6.07) is 0. The highest BCUT2D eigenvalue weighted by atomic mass is 32.2. The summed E-state index contributed by atoms with van der Waals surface area (Å²) in [4.78, 5) is 0. The molecule has 0 saturated carbocycles. The summed E-state index contributed by atoms with van der Waals surface area (Å²) in [6.45, 7) is 8.15. The highest BCUT2D eigenvalue weighted by Crippen LogP contribution is 2.17. The second-order valence-electron chi connectivity index (χ2n) is 4.23. The Balaban J connectivity index is 4.45. The van der Waals surface area contributed by atoms with E-state index in [9.17, 15) is 8.42 Å². The minimum absolute atomic E-state index is 0.164. The Bertz CT molecular complexity index is 226. The van der Waals surface area contributed by atoms with Gasteiger partial charge in [0, 0.05) is 13.6 Å². The fraction of sp³-hybridized carbons (Fsp3) is 1.00. The molecule has 0 aromatic carbocycles. The van der Waals surface area contributed by atoms with E-state index in [4.69, 9.17) is 0 Å². The summed E-state index contributed by atoms with van der Waals surface area (Å²) in [7, 11) is -1.42. The average Bonchev–Trinajstić information content (AvgIpc) is 1.80. The van der Waals surface area contributed by atoms with Crippen LogP contribution >= 0.6 is 0 Å². The van der Waals surface area contributed by atoms with Gasteiger partial charge in [0.25, 0.3) is 0 Å². The van der Waals surface area contributed by atoms with Crippen LogP contribution in [0.15, 0.2) is 0 Å². The molecule has 0 spiro atoms. The van der Waals surface area contributed by atoms with Crippen LogP contribution in [0.3, 0.4) is 0 Å². The topological polar surface area (TPSA) is 37.4 Å². The summed E-state index contributed by atoms with van der Waals surface area (Å²) >= 11 is 0. The van der Waals surface area contributed by atoms with Gasteiger partial charge in [0.1, 0.15) is 0 Å². The van der Waals surface area contributed by atoms with E-state index in [0.29, 0.717) is 6.54 Å². The zero-order valence-corrected chi connectivity index (χ0v) is 9.40. The zero-order valence-electron chi connectivity index (χ0n) is 8.59. The average molecular weight is 193 g/mol. The maximum absolute atomic E-state index is 11.5. The molecular weight excluding hydrogens is 174 g/mol. The minimum atomic E-state index is -3.03. The molecule has 0 aromatic rings. The molecule has 0 heterocycles. The van der Waals surface area contributed by atoms with Crippen LogP contribution in [0.25, 0.3) is 0 Å². The van der Waals surface area contributed by atoms with Crippen molar-refractivity contribution in [3.63, 3.8) is 0 Å². The summed E-state index contributed by atoms with van der Waals surface area (Å²) in [6.07, 6.45) is 0. The van der Waals surface area contributed by atoms with Gasteiger partial charge in [-0.1, -0.05) is 27.7 Å². The summed E-state index contributed by atoms with van der Waals surface area (Å²) in [5.41, 5.74) is -0.164. The van der Waals surface area contributed by atoms with Crippen molar-refractivity contribution in [3.8, 4) is 0 Å². The molecule has 0 unspecified atom stereocenters. The molecule has 0 rings (SSSR count). The highest BCUT2D eigenvalue weighted by molar-refractivity contribution is 7.89. The van der Waals surface area contributed by atoms with E-state index in [-0.39, 0.29) is 11.2 Å². The van der Waals surface area contributed by atoms with Gasteiger partial charge in [0.05, 0.1) is 5.75 Å². The first-order chi connectivity index (χ1) is 5.19. The molecule has 0 aromatic heterocycles. The predicted octanol–water partition coefficient (Wildman–Crippen LogP) is 1.31. The Morgan fingerprint density at radius 1 is 1.25 bits per heavy atom. The van der Waals surface area contributed by atoms with Crippen molar-refractivity contribution >= 4 is 10.0 Å². The van der Waals surface area contributed by atoms with Crippen molar-refractivity contribution in [3.05, 3.63) is 0 Å². The van der Waals surface area contributed by atoms with Crippen LogP contribution < -0.4 is 0 Å². The molecule has 0 atom stereocenters. The molecule has 0 radical (unpaired) electrons. The summed E-state index contributed by atoms with van der Waals surface area (Å²) in [5, 5.41) is 0. The van der Waals surface area contributed by atoms with Crippen molar-refractivity contribution in [2.24, 2.45) is 5.41 Å². The first kappa shape index (κ1) is 11.9. The largest absolute Gasteiger partial charge is 0.214 e. The van der Waals surface area contributed by atoms with Gasteiger partial charge in [-0.3, -0.25) is 0 Å². The quantitative estimate of drug-likeness (QED) is 0.678. The number of hydrogen-bond acceptors (Lipinski definition) is 2. The Labute approximate surface area is 75.8 Å². The van der Waals surface area contributed by atoms with E-state index < -0.39 is 10.0 Å². The van der Waals surface area contributed by atoms with E-state index in [1.165, 1.54) is 4.31 Å². The van der Waals surface area contributed by atoms with Gasteiger partial charge >= 0.3 is 0 Å². The molecule has 0 saturated heterocycles. The first-order valence-corrected chi connectivity index (χ1v) is 5.74. The fourth-order valence-corrected chi connectivity index (χ4v) is 2.56. The molecule has 0 aliphatic carbocycles. The lowest BCUT2D eigenvalue weighted by Crippen LogP contribution is -2.33. The lowest BCUT2D eigenvalue weighted by molar-refractivity contribution is 0.428. The third-order valence-electron chi connectivity index (χ3n) is 1.54. The van der Waals surface area contributed by atoms with E-state index in [1.54, 1.807) is 7.05 Å². The molecule has 4 heteroatoms. The van der Waals surface area contributed by atoms with E-state index in [1.807, 2.05) is 27.7 Å². The number of nitrogens with zero attached hydrogens (tertiary/aromatic N) is 1. The minimum Gasteiger partial charge on any atom is -0.212 e. The van der Waals surface area contributed by atoms with Gasteiger partial charge in [-0.25, -0.2) is 12.7 Å². The first-order valence-electron chi connectivity index (χ1n) is 4.13. The Kier molecular flexibility index (Phi) is 3.72. The standard InChI is InChI=1S/C8H19NO2S/c1-6-9(5)12(10,11)7-8(2,3)4/h6-7H2,1-5H3. The van der Waals surface area contributed by atoms with Gasteiger partial charge < -0.3 is 0 Å². The van der Waals surface area contributed by atoms with Crippen LogP contribution in [0, 0.1) is 5.41 Å². The SMILES string of the molecule is CCN(C)S(=O)(=O)CC(C)(C)C. The molecule has 12 heavy (non-hydrogen) atoms.